The van der Waals surface area contributed by atoms with Gasteiger partial charge in [0.05, 0.1) is 18.9 Å². The monoisotopic (exact) mass is 162 g/mol. The number of rotatable bonds is 4. The summed E-state index contributed by atoms with van der Waals surface area (Å²) in [5.41, 5.74) is 0. The van der Waals surface area contributed by atoms with Crippen LogP contribution in [0.3, 0.4) is 0 Å². The zero-order valence-electron chi connectivity index (χ0n) is 6.59. The first-order valence-electron chi connectivity index (χ1n) is 3.42. The van der Waals surface area contributed by atoms with Gasteiger partial charge < -0.3 is 4.74 Å². The Bertz CT molecular complexity index is 156. The first-order chi connectivity index (χ1) is 5.07. The molecule has 0 radical (unpaired) electrons. The lowest BCUT2D eigenvalue weighted by atomic mass is 10.1. The maximum Gasteiger partial charge on any atom is 0.306 e. The van der Waals surface area contributed by atoms with E-state index in [0.717, 1.165) is 0 Å². The van der Waals surface area contributed by atoms with Crippen LogP contribution in [0.15, 0.2) is 0 Å². The number of halogens is 1. The lowest BCUT2D eigenvalue weighted by Gasteiger charge is -2.03. The van der Waals surface area contributed by atoms with Crippen LogP contribution in [0.1, 0.15) is 20.3 Å². The molecule has 0 fully saturated rings. The highest BCUT2D eigenvalue weighted by molar-refractivity contribution is 5.78. The third kappa shape index (κ3) is 4.47. The molecule has 3 nitrogen and oxygen atoms in total. The van der Waals surface area contributed by atoms with E-state index < -0.39 is 17.9 Å². The second-order valence-corrected chi connectivity index (χ2v) is 2.21. The van der Waals surface area contributed by atoms with Crippen LogP contribution in [0.4, 0.5) is 4.39 Å². The maximum absolute atomic E-state index is 11.8. The fourth-order valence-electron chi connectivity index (χ4n) is 0.550. The Morgan fingerprint density at radius 2 is 2.09 bits per heavy atom. The van der Waals surface area contributed by atoms with Crippen molar-refractivity contribution in [2.45, 2.75) is 20.3 Å². The molecule has 0 saturated heterocycles. The van der Waals surface area contributed by atoms with Gasteiger partial charge in [0.2, 0.25) is 0 Å². The van der Waals surface area contributed by atoms with E-state index >= 15 is 0 Å². The van der Waals surface area contributed by atoms with E-state index in [1.165, 1.54) is 6.92 Å². The zero-order valence-corrected chi connectivity index (χ0v) is 6.59. The van der Waals surface area contributed by atoms with E-state index in [2.05, 4.69) is 4.74 Å². The van der Waals surface area contributed by atoms with Gasteiger partial charge in [-0.3, -0.25) is 9.59 Å². The molecule has 0 spiro atoms. The Labute approximate surface area is 64.5 Å². The third-order valence-electron chi connectivity index (χ3n) is 1.17. The van der Waals surface area contributed by atoms with E-state index in [4.69, 9.17) is 0 Å². The van der Waals surface area contributed by atoms with Gasteiger partial charge >= 0.3 is 12.0 Å². The highest BCUT2D eigenvalue weighted by atomic mass is 19.1. The van der Waals surface area contributed by atoms with Crippen LogP contribution < -0.4 is 0 Å². The quantitative estimate of drug-likeness (QED) is 0.458. The van der Waals surface area contributed by atoms with E-state index in [0.29, 0.717) is 0 Å². The van der Waals surface area contributed by atoms with E-state index in [9.17, 15) is 14.0 Å². The van der Waals surface area contributed by atoms with Crippen molar-refractivity contribution in [2.24, 2.45) is 5.92 Å². The van der Waals surface area contributed by atoms with Crippen molar-refractivity contribution in [1.82, 2.24) is 0 Å². The molecule has 11 heavy (non-hydrogen) atoms. The molecule has 0 N–H and O–H groups in total. The van der Waals surface area contributed by atoms with Crippen molar-refractivity contribution in [3.05, 3.63) is 0 Å². The normalized spacial score (nSPS) is 12.3. The van der Waals surface area contributed by atoms with Crippen molar-refractivity contribution in [3.63, 3.8) is 0 Å². The predicted octanol–water partition coefficient (Wildman–Crippen LogP) is 1.07. The lowest BCUT2D eigenvalue weighted by Crippen LogP contribution is -2.13. The highest BCUT2D eigenvalue weighted by Gasteiger charge is 2.16. The fourth-order valence-corrected chi connectivity index (χ4v) is 0.550. The molecule has 0 aromatic rings. The molecule has 0 heterocycles. The van der Waals surface area contributed by atoms with Gasteiger partial charge in [-0.15, -0.1) is 0 Å². The smallest absolute Gasteiger partial charge is 0.306 e. The Morgan fingerprint density at radius 1 is 1.55 bits per heavy atom. The number of carbonyl (C=O) groups is 2. The maximum atomic E-state index is 11.8. The largest absolute Gasteiger partial charge is 0.466 e. The summed E-state index contributed by atoms with van der Waals surface area (Å²) < 4.78 is 16.4. The van der Waals surface area contributed by atoms with Gasteiger partial charge in [-0.25, -0.2) is 0 Å². The van der Waals surface area contributed by atoms with Crippen LogP contribution in [0.25, 0.3) is 0 Å². The molecule has 64 valence electrons. The van der Waals surface area contributed by atoms with Crippen molar-refractivity contribution in [3.8, 4) is 0 Å². The van der Waals surface area contributed by atoms with Gasteiger partial charge in [0.25, 0.3) is 0 Å². The molecular formula is C7H11FO3. The molecule has 1 atom stereocenters. The second kappa shape index (κ2) is 4.82. The molecule has 0 aromatic carbocycles. The molecule has 0 aliphatic heterocycles. The number of esters is 1. The van der Waals surface area contributed by atoms with Crippen molar-refractivity contribution in [2.75, 3.05) is 6.61 Å². The van der Waals surface area contributed by atoms with Gasteiger partial charge in [0.1, 0.15) is 0 Å². The summed E-state index contributed by atoms with van der Waals surface area (Å²) in [6, 6.07) is -1.47. The molecule has 0 saturated carbocycles. The predicted molar refractivity (Wildman–Crippen MR) is 36.5 cm³/mol. The number of ether oxygens (including phenoxy) is 1. The number of hydrogen-bond donors (Lipinski definition) is 0. The van der Waals surface area contributed by atoms with Gasteiger partial charge in [0, 0.05) is 0 Å². The Balaban J connectivity index is 3.66. The van der Waals surface area contributed by atoms with E-state index in [-0.39, 0.29) is 13.0 Å². The first-order valence-corrected chi connectivity index (χ1v) is 3.42. The molecule has 0 rings (SSSR count). The summed E-state index contributed by atoms with van der Waals surface area (Å²) >= 11 is 0. The summed E-state index contributed by atoms with van der Waals surface area (Å²) in [6.45, 7) is 3.26. The molecule has 1 unspecified atom stereocenters. The number of hydrogen-bond acceptors (Lipinski definition) is 3. The minimum Gasteiger partial charge on any atom is -0.466 e. The van der Waals surface area contributed by atoms with Crippen molar-refractivity contribution < 1.29 is 18.7 Å². The highest BCUT2D eigenvalue weighted by Crippen LogP contribution is 2.05. The molecule has 0 aliphatic rings. The van der Waals surface area contributed by atoms with Crippen molar-refractivity contribution in [1.29, 1.82) is 0 Å². The first kappa shape index (κ1) is 10.1. The van der Waals surface area contributed by atoms with Crippen LogP contribution in [-0.4, -0.2) is 18.6 Å². The Kier molecular flexibility index (Phi) is 4.41. The van der Waals surface area contributed by atoms with Crippen LogP contribution in [0, 0.1) is 5.92 Å². The van der Waals surface area contributed by atoms with E-state index in [1.54, 1.807) is 6.92 Å². The third-order valence-corrected chi connectivity index (χ3v) is 1.17. The average molecular weight is 162 g/mol. The van der Waals surface area contributed by atoms with E-state index in [1.807, 2.05) is 0 Å². The van der Waals surface area contributed by atoms with Gasteiger partial charge in [-0.05, 0) is 6.92 Å². The van der Waals surface area contributed by atoms with Gasteiger partial charge in [-0.2, -0.15) is 4.39 Å². The van der Waals surface area contributed by atoms with Crippen LogP contribution >= 0.6 is 0 Å². The molecule has 0 amide bonds. The zero-order chi connectivity index (χ0) is 8.85. The van der Waals surface area contributed by atoms with Gasteiger partial charge in [-0.1, -0.05) is 6.92 Å². The van der Waals surface area contributed by atoms with Crippen LogP contribution in [-0.2, 0) is 14.3 Å². The summed E-state index contributed by atoms with van der Waals surface area (Å²) in [5.74, 6) is -1.42. The average Bonchev–Trinajstić information content (AvgIpc) is 1.87. The molecule has 4 heteroatoms. The topological polar surface area (TPSA) is 43.4 Å². The summed E-state index contributed by atoms with van der Waals surface area (Å²) in [5, 5.41) is 0. The SMILES string of the molecule is CCOC(=O)CC(C)C(=O)F. The minimum atomic E-state index is -1.47. The Morgan fingerprint density at radius 3 is 2.45 bits per heavy atom. The standard InChI is InChI=1S/C7H11FO3/c1-3-11-6(9)4-5(2)7(8)10/h5H,3-4H2,1-2H3. The van der Waals surface area contributed by atoms with Gasteiger partial charge in [0.15, 0.2) is 0 Å². The summed E-state index contributed by atoms with van der Waals surface area (Å²) in [4.78, 5) is 20.6. The molecular weight excluding hydrogens is 151 g/mol. The summed E-state index contributed by atoms with van der Waals surface area (Å²) in [6.07, 6.45) is -0.177. The fraction of sp³-hybridized carbons (Fsp3) is 0.714. The molecule has 0 aromatic heterocycles. The lowest BCUT2D eigenvalue weighted by molar-refractivity contribution is -0.147. The summed E-state index contributed by atoms with van der Waals surface area (Å²) in [7, 11) is 0. The van der Waals surface area contributed by atoms with Crippen LogP contribution in [0.5, 0.6) is 0 Å². The number of carbonyl (C=O) groups excluding carboxylic acids is 2. The van der Waals surface area contributed by atoms with Crippen molar-refractivity contribution >= 4 is 12.0 Å². The second-order valence-electron chi connectivity index (χ2n) is 2.21. The molecule has 0 aliphatic carbocycles. The Hall–Kier alpha value is -0.930. The molecule has 0 bridgehead atoms. The minimum absolute atomic E-state index is 0.177. The van der Waals surface area contributed by atoms with Crippen LogP contribution in [0.2, 0.25) is 0 Å².